The number of carbonyl (C=O) groups excluding carboxylic acids is 2. The molecule has 3 heteroatoms. The Balaban J connectivity index is 1.64. The van der Waals surface area contributed by atoms with E-state index in [1.165, 1.54) is 24.8 Å². The van der Waals surface area contributed by atoms with Crippen LogP contribution < -0.4 is 0 Å². The second-order valence-electron chi connectivity index (χ2n) is 8.81. The highest BCUT2D eigenvalue weighted by Gasteiger charge is 2.59. The quantitative estimate of drug-likeness (QED) is 0.722. The third-order valence-corrected chi connectivity index (χ3v) is 8.09. The van der Waals surface area contributed by atoms with Crippen molar-refractivity contribution in [3.63, 3.8) is 0 Å². The van der Waals surface area contributed by atoms with Crippen LogP contribution in [-0.4, -0.2) is 18.4 Å². The Labute approximate surface area is 138 Å². The van der Waals surface area contributed by atoms with Crippen molar-refractivity contribution >= 4 is 12.3 Å². The summed E-state index contributed by atoms with van der Waals surface area (Å²) in [7, 11) is 0. The van der Waals surface area contributed by atoms with Crippen molar-refractivity contribution in [1.29, 1.82) is 0 Å². The van der Waals surface area contributed by atoms with Crippen LogP contribution in [0.3, 0.4) is 0 Å². The highest BCUT2D eigenvalue weighted by Crippen LogP contribution is 2.65. The number of ether oxygens (including phenoxy) is 1. The van der Waals surface area contributed by atoms with E-state index >= 15 is 0 Å². The van der Waals surface area contributed by atoms with Crippen molar-refractivity contribution in [3.05, 3.63) is 11.6 Å². The van der Waals surface area contributed by atoms with Gasteiger partial charge in [-0.15, -0.1) is 0 Å². The predicted octanol–water partition coefficient (Wildman–Crippen LogP) is 4.06. The van der Waals surface area contributed by atoms with E-state index < -0.39 is 0 Å². The Morgan fingerprint density at radius 3 is 2.70 bits per heavy atom. The van der Waals surface area contributed by atoms with Crippen LogP contribution in [0.15, 0.2) is 11.6 Å². The van der Waals surface area contributed by atoms with Crippen LogP contribution in [0.2, 0.25) is 0 Å². The van der Waals surface area contributed by atoms with Crippen molar-refractivity contribution in [2.45, 2.75) is 71.3 Å². The van der Waals surface area contributed by atoms with Gasteiger partial charge in [-0.25, -0.2) is 0 Å². The van der Waals surface area contributed by atoms with Crippen molar-refractivity contribution in [2.24, 2.45) is 28.6 Å². The largest absolute Gasteiger partial charge is 0.464 e. The van der Waals surface area contributed by atoms with Gasteiger partial charge in [-0.05, 0) is 74.2 Å². The minimum absolute atomic E-state index is 0.114. The van der Waals surface area contributed by atoms with E-state index in [9.17, 15) is 9.59 Å². The smallest absolute Gasteiger partial charge is 0.293 e. The van der Waals surface area contributed by atoms with Gasteiger partial charge < -0.3 is 4.74 Å². The minimum Gasteiger partial charge on any atom is -0.464 e. The Morgan fingerprint density at radius 2 is 1.91 bits per heavy atom. The Hall–Kier alpha value is -1.12. The van der Waals surface area contributed by atoms with Gasteiger partial charge >= 0.3 is 0 Å². The molecule has 3 saturated carbocycles. The summed E-state index contributed by atoms with van der Waals surface area (Å²) in [6.45, 7) is 5.42. The molecule has 0 N–H and O–H groups in total. The van der Waals surface area contributed by atoms with E-state index in [2.05, 4.69) is 13.8 Å². The van der Waals surface area contributed by atoms with Crippen molar-refractivity contribution in [3.8, 4) is 0 Å². The second kappa shape index (κ2) is 5.19. The molecule has 0 spiro atoms. The van der Waals surface area contributed by atoms with Gasteiger partial charge in [0.05, 0.1) is 0 Å². The third-order valence-electron chi connectivity index (χ3n) is 8.09. The Bertz CT molecular complexity index is 565. The highest BCUT2D eigenvalue weighted by atomic mass is 16.5. The fourth-order valence-corrected chi connectivity index (χ4v) is 6.80. The second-order valence-corrected chi connectivity index (χ2v) is 8.81. The van der Waals surface area contributed by atoms with Crippen LogP contribution in [0.5, 0.6) is 0 Å². The number of hydrogen-bond donors (Lipinski definition) is 0. The summed E-state index contributed by atoms with van der Waals surface area (Å²) in [6.07, 6.45) is 10.8. The van der Waals surface area contributed by atoms with Gasteiger partial charge in [0.15, 0.2) is 5.78 Å². The first-order valence-corrected chi connectivity index (χ1v) is 9.32. The lowest BCUT2D eigenvalue weighted by atomic mass is 9.47. The molecule has 126 valence electrons. The van der Waals surface area contributed by atoms with Gasteiger partial charge in [0, 0.05) is 11.8 Å². The van der Waals surface area contributed by atoms with Crippen molar-refractivity contribution in [2.75, 3.05) is 0 Å². The molecule has 0 heterocycles. The first kappa shape index (κ1) is 15.4. The maximum atomic E-state index is 11.8. The lowest BCUT2D eigenvalue weighted by molar-refractivity contribution is -0.144. The summed E-state index contributed by atoms with van der Waals surface area (Å²) in [6, 6.07) is 0. The van der Waals surface area contributed by atoms with Crippen LogP contribution in [0.4, 0.5) is 0 Å². The van der Waals surface area contributed by atoms with E-state index in [-0.39, 0.29) is 16.9 Å². The molecule has 0 amide bonds. The molecular formula is C20H28O3. The van der Waals surface area contributed by atoms with Crippen molar-refractivity contribution < 1.29 is 14.3 Å². The first-order chi connectivity index (χ1) is 11.0. The van der Waals surface area contributed by atoms with E-state index in [4.69, 9.17) is 4.74 Å². The van der Waals surface area contributed by atoms with Gasteiger partial charge in [0.2, 0.25) is 0 Å². The summed E-state index contributed by atoms with van der Waals surface area (Å²) in [5.74, 6) is 2.46. The van der Waals surface area contributed by atoms with Gasteiger partial charge in [-0.3, -0.25) is 9.59 Å². The van der Waals surface area contributed by atoms with Crippen molar-refractivity contribution in [1.82, 2.24) is 0 Å². The number of hydrogen-bond acceptors (Lipinski definition) is 3. The van der Waals surface area contributed by atoms with E-state index in [1.54, 1.807) is 0 Å². The SMILES string of the molecule is C[C@]12CCC(=O)C=C1CC[C@@H]1[C@H]2CC[C@]2(C)C(OC=O)CC[C@@H]12. The molecule has 4 rings (SSSR count). The molecule has 3 fully saturated rings. The molecular weight excluding hydrogens is 288 g/mol. The molecule has 0 aliphatic heterocycles. The molecule has 3 nitrogen and oxygen atoms in total. The number of ketones is 1. The molecule has 0 saturated heterocycles. The molecule has 0 aromatic heterocycles. The fourth-order valence-electron chi connectivity index (χ4n) is 6.80. The minimum atomic E-state index is 0.114. The molecule has 0 aromatic carbocycles. The molecule has 1 unspecified atom stereocenters. The van der Waals surface area contributed by atoms with Gasteiger partial charge in [-0.1, -0.05) is 19.4 Å². The van der Waals surface area contributed by atoms with E-state index in [0.29, 0.717) is 24.1 Å². The zero-order chi connectivity index (χ0) is 16.2. The normalized spacial score (nSPS) is 48.8. The molecule has 4 aliphatic rings. The van der Waals surface area contributed by atoms with Crippen LogP contribution in [0.25, 0.3) is 0 Å². The topological polar surface area (TPSA) is 43.4 Å². The zero-order valence-electron chi connectivity index (χ0n) is 14.3. The van der Waals surface area contributed by atoms with Gasteiger partial charge in [-0.2, -0.15) is 0 Å². The Kier molecular flexibility index (Phi) is 3.48. The fraction of sp³-hybridized carbons (Fsp3) is 0.800. The van der Waals surface area contributed by atoms with Crippen LogP contribution >= 0.6 is 0 Å². The average Bonchev–Trinajstić information content (AvgIpc) is 2.85. The number of carbonyl (C=O) groups is 2. The monoisotopic (exact) mass is 316 g/mol. The molecule has 0 aromatic rings. The predicted molar refractivity (Wildman–Crippen MR) is 87.6 cm³/mol. The van der Waals surface area contributed by atoms with Crippen LogP contribution in [0.1, 0.15) is 65.2 Å². The van der Waals surface area contributed by atoms with E-state index in [1.807, 2.05) is 6.08 Å². The van der Waals surface area contributed by atoms with Crippen LogP contribution in [-0.2, 0) is 14.3 Å². The summed E-state index contributed by atoms with van der Waals surface area (Å²) >= 11 is 0. The zero-order valence-corrected chi connectivity index (χ0v) is 14.3. The van der Waals surface area contributed by atoms with E-state index in [0.717, 1.165) is 38.0 Å². The lowest BCUT2D eigenvalue weighted by Crippen LogP contribution is -2.51. The number of allylic oxidation sites excluding steroid dienone is 1. The first-order valence-electron chi connectivity index (χ1n) is 9.32. The maximum absolute atomic E-state index is 11.8. The standard InChI is InChI=1S/C20H28O3/c1-19-9-7-14(22)11-13(19)3-4-15-16-5-6-18(23-12-21)20(16,2)10-8-17(15)19/h11-12,15-18H,3-10H2,1-2H3/t15-,16-,17+,18?,19-,20-/m0/s1. The molecule has 0 bridgehead atoms. The summed E-state index contributed by atoms with van der Waals surface area (Å²) in [5, 5.41) is 0. The highest BCUT2D eigenvalue weighted by molar-refractivity contribution is 5.91. The molecule has 4 aliphatic carbocycles. The number of rotatable bonds is 2. The van der Waals surface area contributed by atoms with Gasteiger partial charge in [0.25, 0.3) is 6.47 Å². The third kappa shape index (κ3) is 2.08. The summed E-state index contributed by atoms with van der Waals surface area (Å²) < 4.78 is 5.46. The average molecular weight is 316 g/mol. The lowest BCUT2D eigenvalue weighted by Gasteiger charge is -2.57. The molecule has 0 radical (unpaired) electrons. The summed E-state index contributed by atoms with van der Waals surface area (Å²) in [5.41, 5.74) is 1.84. The molecule has 6 atom stereocenters. The Morgan fingerprint density at radius 1 is 1.09 bits per heavy atom. The number of fused-ring (bicyclic) bond motifs is 5. The molecule has 23 heavy (non-hydrogen) atoms. The van der Waals surface area contributed by atoms with Crippen LogP contribution in [0, 0.1) is 28.6 Å². The summed E-state index contributed by atoms with van der Waals surface area (Å²) in [4.78, 5) is 22.7. The maximum Gasteiger partial charge on any atom is 0.293 e. The van der Waals surface area contributed by atoms with Gasteiger partial charge in [0.1, 0.15) is 6.10 Å².